The van der Waals surface area contributed by atoms with Crippen LogP contribution in [0.25, 0.3) is 0 Å². The van der Waals surface area contributed by atoms with E-state index < -0.39 is 0 Å². The Morgan fingerprint density at radius 2 is 2.00 bits per heavy atom. The maximum Gasteiger partial charge on any atom is 0.230 e. The number of aliphatic imine (C=N–C) groups is 1. The number of hydrogen-bond acceptors (Lipinski definition) is 2. The van der Waals surface area contributed by atoms with E-state index in [1.165, 1.54) is 19.3 Å². The molecule has 84 valence electrons. The van der Waals surface area contributed by atoms with Gasteiger partial charge in [0.05, 0.1) is 18.3 Å². The van der Waals surface area contributed by atoms with E-state index in [0.717, 1.165) is 12.8 Å². The van der Waals surface area contributed by atoms with Crippen LogP contribution in [0.5, 0.6) is 0 Å². The minimum atomic E-state index is -0.192. The molecule has 1 aliphatic carbocycles. The van der Waals surface area contributed by atoms with Crippen molar-refractivity contribution >= 4 is 12.2 Å². The second kappa shape index (κ2) is 3.95. The zero-order chi connectivity index (χ0) is 10.9. The summed E-state index contributed by atoms with van der Waals surface area (Å²) < 4.78 is 0. The summed E-state index contributed by atoms with van der Waals surface area (Å²) in [5.41, 5.74) is -0.192. The van der Waals surface area contributed by atoms with E-state index >= 15 is 0 Å². The fourth-order valence-electron chi connectivity index (χ4n) is 2.45. The van der Waals surface area contributed by atoms with Gasteiger partial charge in [-0.05, 0) is 26.7 Å². The topological polar surface area (TPSA) is 32.7 Å². The lowest BCUT2D eigenvalue weighted by Crippen LogP contribution is -2.46. The highest BCUT2D eigenvalue weighted by Crippen LogP contribution is 2.26. The van der Waals surface area contributed by atoms with Gasteiger partial charge in [0, 0.05) is 6.04 Å². The fourth-order valence-corrected chi connectivity index (χ4v) is 2.45. The maximum absolute atomic E-state index is 11.9. The van der Waals surface area contributed by atoms with E-state index in [0.29, 0.717) is 12.5 Å². The number of amides is 1. The Balaban J connectivity index is 2.06. The summed E-state index contributed by atoms with van der Waals surface area (Å²) in [5, 5.41) is 0. The van der Waals surface area contributed by atoms with E-state index in [1.807, 2.05) is 18.7 Å². The van der Waals surface area contributed by atoms with Crippen LogP contribution in [-0.4, -0.2) is 28.7 Å². The van der Waals surface area contributed by atoms with Gasteiger partial charge in [0.25, 0.3) is 0 Å². The SMILES string of the molecule is CC1(C)CC(=O)N(C2CCCCC2)C=N1. The molecule has 3 heteroatoms. The number of hydrogen-bond donors (Lipinski definition) is 0. The van der Waals surface area contributed by atoms with Crippen molar-refractivity contribution in [2.45, 2.75) is 64.0 Å². The van der Waals surface area contributed by atoms with Crippen molar-refractivity contribution in [2.75, 3.05) is 0 Å². The van der Waals surface area contributed by atoms with Crippen LogP contribution >= 0.6 is 0 Å². The third-order valence-corrected chi connectivity index (χ3v) is 3.37. The average Bonchev–Trinajstić information content (AvgIpc) is 2.17. The van der Waals surface area contributed by atoms with Gasteiger partial charge in [-0.25, -0.2) is 0 Å². The second-order valence-electron chi connectivity index (χ2n) is 5.33. The molecule has 2 rings (SSSR count). The molecule has 0 aromatic rings. The summed E-state index contributed by atoms with van der Waals surface area (Å²) in [5.74, 6) is 0.252. The molecule has 1 heterocycles. The number of carbonyl (C=O) groups is 1. The minimum absolute atomic E-state index is 0.192. The van der Waals surface area contributed by atoms with E-state index in [1.54, 1.807) is 6.34 Å². The van der Waals surface area contributed by atoms with Crippen molar-refractivity contribution in [3.8, 4) is 0 Å². The molecule has 0 radical (unpaired) electrons. The lowest BCUT2D eigenvalue weighted by Gasteiger charge is -2.36. The molecule has 1 saturated carbocycles. The third kappa shape index (κ3) is 2.39. The Hall–Kier alpha value is -0.860. The van der Waals surface area contributed by atoms with Gasteiger partial charge in [-0.3, -0.25) is 9.79 Å². The highest BCUT2D eigenvalue weighted by Gasteiger charge is 2.32. The van der Waals surface area contributed by atoms with Gasteiger partial charge >= 0.3 is 0 Å². The van der Waals surface area contributed by atoms with Crippen LogP contribution < -0.4 is 0 Å². The predicted molar refractivity (Wildman–Crippen MR) is 60.9 cm³/mol. The zero-order valence-corrected chi connectivity index (χ0v) is 9.70. The molecule has 1 aliphatic heterocycles. The maximum atomic E-state index is 11.9. The van der Waals surface area contributed by atoms with Crippen molar-refractivity contribution in [1.82, 2.24) is 4.90 Å². The summed E-state index contributed by atoms with van der Waals surface area (Å²) in [4.78, 5) is 18.3. The lowest BCUT2D eigenvalue weighted by atomic mass is 9.92. The van der Waals surface area contributed by atoms with Crippen LogP contribution in [0.2, 0.25) is 0 Å². The van der Waals surface area contributed by atoms with Crippen LogP contribution in [0.3, 0.4) is 0 Å². The van der Waals surface area contributed by atoms with E-state index in [2.05, 4.69) is 4.99 Å². The molecule has 0 saturated heterocycles. The van der Waals surface area contributed by atoms with E-state index in [4.69, 9.17) is 0 Å². The fraction of sp³-hybridized carbons (Fsp3) is 0.833. The van der Waals surface area contributed by atoms with Crippen molar-refractivity contribution in [1.29, 1.82) is 0 Å². The Labute approximate surface area is 91.6 Å². The monoisotopic (exact) mass is 208 g/mol. The molecule has 0 bridgehead atoms. The van der Waals surface area contributed by atoms with Crippen LogP contribution in [-0.2, 0) is 4.79 Å². The van der Waals surface area contributed by atoms with Crippen molar-refractivity contribution in [3.63, 3.8) is 0 Å². The molecule has 0 atom stereocenters. The molecule has 3 nitrogen and oxygen atoms in total. The Kier molecular flexibility index (Phi) is 2.81. The van der Waals surface area contributed by atoms with Crippen molar-refractivity contribution in [2.24, 2.45) is 4.99 Å². The van der Waals surface area contributed by atoms with Gasteiger partial charge in [-0.2, -0.15) is 0 Å². The summed E-state index contributed by atoms with van der Waals surface area (Å²) in [6.45, 7) is 4.03. The molecular weight excluding hydrogens is 188 g/mol. The number of nitrogens with zero attached hydrogens (tertiary/aromatic N) is 2. The van der Waals surface area contributed by atoms with E-state index in [-0.39, 0.29) is 11.4 Å². The third-order valence-electron chi connectivity index (χ3n) is 3.37. The Morgan fingerprint density at radius 3 is 2.60 bits per heavy atom. The summed E-state index contributed by atoms with van der Waals surface area (Å²) in [6.07, 6.45) is 8.47. The van der Waals surface area contributed by atoms with Gasteiger partial charge in [0.15, 0.2) is 0 Å². The zero-order valence-electron chi connectivity index (χ0n) is 9.70. The molecule has 0 unspecified atom stereocenters. The molecule has 0 spiro atoms. The molecule has 0 N–H and O–H groups in total. The van der Waals surface area contributed by atoms with Gasteiger partial charge in [0.1, 0.15) is 0 Å². The molecule has 1 fully saturated rings. The second-order valence-corrected chi connectivity index (χ2v) is 5.33. The van der Waals surface area contributed by atoms with Crippen LogP contribution in [0.15, 0.2) is 4.99 Å². The Morgan fingerprint density at radius 1 is 1.33 bits per heavy atom. The molecule has 2 aliphatic rings. The standard InChI is InChI=1S/C12H20N2O/c1-12(2)8-11(15)14(9-13-12)10-6-4-3-5-7-10/h9-10H,3-8H2,1-2H3. The average molecular weight is 208 g/mol. The molecule has 1 amide bonds. The first-order valence-corrected chi connectivity index (χ1v) is 5.95. The summed E-state index contributed by atoms with van der Waals surface area (Å²) in [7, 11) is 0. The first-order chi connectivity index (χ1) is 7.08. The molecule has 15 heavy (non-hydrogen) atoms. The van der Waals surface area contributed by atoms with E-state index in [9.17, 15) is 4.79 Å². The quantitative estimate of drug-likeness (QED) is 0.651. The predicted octanol–water partition coefficient (Wildman–Crippen LogP) is 2.36. The minimum Gasteiger partial charge on any atom is -0.300 e. The first-order valence-electron chi connectivity index (χ1n) is 5.95. The van der Waals surface area contributed by atoms with Gasteiger partial charge in [0.2, 0.25) is 5.91 Å². The van der Waals surface area contributed by atoms with Crippen molar-refractivity contribution in [3.05, 3.63) is 0 Å². The summed E-state index contributed by atoms with van der Waals surface area (Å²) in [6, 6.07) is 0.422. The van der Waals surface area contributed by atoms with Crippen LogP contribution in [0.4, 0.5) is 0 Å². The van der Waals surface area contributed by atoms with Gasteiger partial charge in [-0.1, -0.05) is 19.3 Å². The first kappa shape index (κ1) is 10.7. The van der Waals surface area contributed by atoms with Gasteiger partial charge in [-0.15, -0.1) is 0 Å². The molecular formula is C12H20N2O. The van der Waals surface area contributed by atoms with Gasteiger partial charge < -0.3 is 4.90 Å². The molecule has 0 aromatic carbocycles. The molecule has 0 aromatic heterocycles. The lowest BCUT2D eigenvalue weighted by molar-refractivity contribution is -0.131. The number of carbonyl (C=O) groups excluding carboxylic acids is 1. The summed E-state index contributed by atoms with van der Waals surface area (Å²) >= 11 is 0. The Bertz CT molecular complexity index is 277. The largest absolute Gasteiger partial charge is 0.300 e. The highest BCUT2D eigenvalue weighted by molar-refractivity contribution is 5.91. The van der Waals surface area contributed by atoms with Crippen LogP contribution in [0.1, 0.15) is 52.4 Å². The smallest absolute Gasteiger partial charge is 0.230 e. The normalized spacial score (nSPS) is 27.1. The van der Waals surface area contributed by atoms with Crippen molar-refractivity contribution < 1.29 is 4.79 Å². The van der Waals surface area contributed by atoms with Crippen LogP contribution in [0, 0.1) is 0 Å². The number of rotatable bonds is 1. The highest BCUT2D eigenvalue weighted by atomic mass is 16.2.